The third kappa shape index (κ3) is 4.12. The van der Waals surface area contributed by atoms with E-state index < -0.39 is 15.8 Å². The van der Waals surface area contributed by atoms with Crippen molar-refractivity contribution in [2.24, 2.45) is 5.14 Å². The van der Waals surface area contributed by atoms with Gasteiger partial charge in [0, 0.05) is 5.69 Å². The lowest BCUT2D eigenvalue weighted by molar-refractivity contribution is -0.115. The summed E-state index contributed by atoms with van der Waals surface area (Å²) in [5.41, 5.74) is 1.33. The summed E-state index contributed by atoms with van der Waals surface area (Å²) in [6.45, 7) is 1.61. The maximum Gasteiger partial charge on any atom is 0.238 e. The van der Waals surface area contributed by atoms with Crippen LogP contribution in [-0.2, 0) is 21.2 Å². The fourth-order valence-corrected chi connectivity index (χ4v) is 2.83. The Labute approximate surface area is 128 Å². The number of carbonyl (C=O) groups excluding carboxylic acids is 1. The third-order valence-electron chi connectivity index (χ3n) is 3.03. The molecular formula is C15H15FN2O3S. The van der Waals surface area contributed by atoms with Crippen molar-refractivity contribution in [3.8, 4) is 0 Å². The van der Waals surface area contributed by atoms with Crippen molar-refractivity contribution in [3.05, 3.63) is 59.4 Å². The van der Waals surface area contributed by atoms with Crippen LogP contribution in [0.3, 0.4) is 0 Å². The molecule has 0 bridgehead atoms. The number of sulfonamides is 1. The monoisotopic (exact) mass is 322 g/mol. The Balaban J connectivity index is 2.15. The van der Waals surface area contributed by atoms with Gasteiger partial charge in [0.1, 0.15) is 5.82 Å². The zero-order chi connectivity index (χ0) is 16.3. The van der Waals surface area contributed by atoms with E-state index in [1.807, 2.05) is 0 Å². The predicted molar refractivity (Wildman–Crippen MR) is 81.3 cm³/mol. The molecule has 0 unspecified atom stereocenters. The fourth-order valence-electron chi connectivity index (χ4n) is 2.02. The smallest absolute Gasteiger partial charge is 0.238 e. The summed E-state index contributed by atoms with van der Waals surface area (Å²) in [5, 5.41) is 7.68. The Morgan fingerprint density at radius 1 is 1.23 bits per heavy atom. The SMILES string of the molecule is Cc1ccc(NC(=O)Cc2cccc(F)c2)cc1S(N)(=O)=O. The average Bonchev–Trinajstić information content (AvgIpc) is 2.39. The molecule has 0 atom stereocenters. The molecule has 0 fully saturated rings. The van der Waals surface area contributed by atoms with Crippen LogP contribution in [0.25, 0.3) is 0 Å². The first-order valence-electron chi connectivity index (χ1n) is 6.43. The number of carbonyl (C=O) groups is 1. The van der Waals surface area contributed by atoms with E-state index in [1.165, 1.54) is 24.3 Å². The van der Waals surface area contributed by atoms with Crippen molar-refractivity contribution < 1.29 is 17.6 Å². The summed E-state index contributed by atoms with van der Waals surface area (Å²) in [6, 6.07) is 10.1. The van der Waals surface area contributed by atoms with E-state index in [2.05, 4.69) is 5.32 Å². The van der Waals surface area contributed by atoms with Crippen LogP contribution in [0.1, 0.15) is 11.1 Å². The molecule has 2 rings (SSSR count). The summed E-state index contributed by atoms with van der Waals surface area (Å²) in [4.78, 5) is 11.9. The second-order valence-electron chi connectivity index (χ2n) is 4.88. The summed E-state index contributed by atoms with van der Waals surface area (Å²) in [5.74, 6) is -0.799. The number of rotatable bonds is 4. The zero-order valence-corrected chi connectivity index (χ0v) is 12.7. The Kier molecular flexibility index (Phi) is 4.58. The second kappa shape index (κ2) is 6.25. The number of hydrogen-bond donors (Lipinski definition) is 2. The van der Waals surface area contributed by atoms with Crippen LogP contribution in [0, 0.1) is 12.7 Å². The van der Waals surface area contributed by atoms with E-state index in [4.69, 9.17) is 5.14 Å². The van der Waals surface area contributed by atoms with E-state index in [-0.39, 0.29) is 17.2 Å². The standard InChI is InChI=1S/C15H15FN2O3S/c1-10-5-6-13(9-14(10)22(17,20)21)18-15(19)8-11-3-2-4-12(16)7-11/h2-7,9H,8H2,1H3,(H,18,19)(H2,17,20,21). The Bertz CT molecular complexity index is 819. The largest absolute Gasteiger partial charge is 0.326 e. The molecule has 22 heavy (non-hydrogen) atoms. The molecule has 0 aliphatic rings. The van der Waals surface area contributed by atoms with E-state index in [0.29, 0.717) is 16.8 Å². The van der Waals surface area contributed by atoms with Crippen LogP contribution in [0.5, 0.6) is 0 Å². The first-order chi connectivity index (χ1) is 10.3. The number of primary sulfonamides is 1. The number of benzene rings is 2. The Morgan fingerprint density at radius 3 is 2.59 bits per heavy atom. The van der Waals surface area contributed by atoms with E-state index in [0.717, 1.165) is 0 Å². The van der Waals surface area contributed by atoms with E-state index in [9.17, 15) is 17.6 Å². The number of nitrogens with one attached hydrogen (secondary N) is 1. The molecule has 0 heterocycles. The molecule has 116 valence electrons. The lowest BCUT2D eigenvalue weighted by Crippen LogP contribution is -2.17. The number of halogens is 1. The maximum absolute atomic E-state index is 13.1. The van der Waals surface area contributed by atoms with Crippen LogP contribution in [0.15, 0.2) is 47.4 Å². The molecule has 2 aromatic rings. The number of hydrogen-bond acceptors (Lipinski definition) is 3. The van der Waals surface area contributed by atoms with Crippen LogP contribution in [-0.4, -0.2) is 14.3 Å². The summed E-state index contributed by atoms with van der Waals surface area (Å²) >= 11 is 0. The number of anilines is 1. The molecule has 3 N–H and O–H groups in total. The van der Waals surface area contributed by atoms with Crippen LogP contribution >= 0.6 is 0 Å². The van der Waals surface area contributed by atoms with Crippen LogP contribution < -0.4 is 10.5 Å². The van der Waals surface area contributed by atoms with Gasteiger partial charge < -0.3 is 5.32 Å². The highest BCUT2D eigenvalue weighted by Gasteiger charge is 2.13. The number of amides is 1. The van der Waals surface area contributed by atoms with Crippen molar-refractivity contribution in [1.29, 1.82) is 0 Å². The van der Waals surface area contributed by atoms with E-state index in [1.54, 1.807) is 25.1 Å². The van der Waals surface area contributed by atoms with Gasteiger partial charge in [-0.1, -0.05) is 18.2 Å². The van der Waals surface area contributed by atoms with Gasteiger partial charge in [-0.15, -0.1) is 0 Å². The van der Waals surface area contributed by atoms with Gasteiger partial charge in [0.05, 0.1) is 11.3 Å². The maximum atomic E-state index is 13.1. The number of aryl methyl sites for hydroxylation is 1. The molecule has 0 saturated carbocycles. The van der Waals surface area contributed by atoms with Crippen LogP contribution in [0.2, 0.25) is 0 Å². The molecule has 0 radical (unpaired) electrons. The summed E-state index contributed by atoms with van der Waals surface area (Å²) in [7, 11) is -3.86. The third-order valence-corrected chi connectivity index (χ3v) is 4.09. The minimum Gasteiger partial charge on any atom is -0.326 e. The molecule has 0 spiro atoms. The van der Waals surface area contributed by atoms with Gasteiger partial charge >= 0.3 is 0 Å². The lowest BCUT2D eigenvalue weighted by Gasteiger charge is -2.09. The second-order valence-corrected chi connectivity index (χ2v) is 6.41. The molecule has 5 nitrogen and oxygen atoms in total. The highest BCUT2D eigenvalue weighted by molar-refractivity contribution is 7.89. The fraction of sp³-hybridized carbons (Fsp3) is 0.133. The minimum atomic E-state index is -3.86. The normalized spacial score (nSPS) is 11.2. The van der Waals surface area contributed by atoms with Gasteiger partial charge in [-0.05, 0) is 42.3 Å². The first-order valence-corrected chi connectivity index (χ1v) is 7.98. The molecule has 7 heteroatoms. The highest BCUT2D eigenvalue weighted by Crippen LogP contribution is 2.19. The van der Waals surface area contributed by atoms with Gasteiger partial charge in [0.2, 0.25) is 15.9 Å². The summed E-state index contributed by atoms with van der Waals surface area (Å²) in [6.07, 6.45) is -0.0175. The van der Waals surface area contributed by atoms with Crippen molar-refractivity contribution in [2.45, 2.75) is 18.2 Å². The minimum absolute atomic E-state index is 0.0175. The quantitative estimate of drug-likeness (QED) is 0.902. The molecular weight excluding hydrogens is 307 g/mol. The predicted octanol–water partition coefficient (Wildman–Crippen LogP) is 1.96. The van der Waals surface area contributed by atoms with Crippen molar-refractivity contribution >= 4 is 21.6 Å². The Morgan fingerprint density at radius 2 is 1.95 bits per heavy atom. The Hall–Kier alpha value is -2.25. The molecule has 0 aliphatic carbocycles. The molecule has 0 aromatic heterocycles. The van der Waals surface area contributed by atoms with Gasteiger partial charge in [-0.3, -0.25) is 4.79 Å². The molecule has 2 aromatic carbocycles. The van der Waals surface area contributed by atoms with Crippen LogP contribution in [0.4, 0.5) is 10.1 Å². The van der Waals surface area contributed by atoms with E-state index >= 15 is 0 Å². The van der Waals surface area contributed by atoms with Crippen molar-refractivity contribution in [3.63, 3.8) is 0 Å². The average molecular weight is 322 g/mol. The molecule has 0 aliphatic heterocycles. The first kappa shape index (κ1) is 16.1. The van der Waals surface area contributed by atoms with Crippen molar-refractivity contribution in [2.75, 3.05) is 5.32 Å². The van der Waals surface area contributed by atoms with Gasteiger partial charge in [-0.2, -0.15) is 0 Å². The zero-order valence-electron chi connectivity index (χ0n) is 11.8. The number of nitrogens with two attached hydrogens (primary N) is 1. The highest BCUT2D eigenvalue weighted by atomic mass is 32.2. The van der Waals surface area contributed by atoms with Gasteiger partial charge in [0.25, 0.3) is 0 Å². The molecule has 0 saturated heterocycles. The summed E-state index contributed by atoms with van der Waals surface area (Å²) < 4.78 is 35.9. The van der Waals surface area contributed by atoms with Gasteiger partial charge in [0.15, 0.2) is 0 Å². The molecule has 1 amide bonds. The lowest BCUT2D eigenvalue weighted by atomic mass is 10.1. The topological polar surface area (TPSA) is 89.3 Å². The van der Waals surface area contributed by atoms with Crippen molar-refractivity contribution in [1.82, 2.24) is 0 Å². The van der Waals surface area contributed by atoms with Gasteiger partial charge in [-0.25, -0.2) is 17.9 Å².